The zero-order valence-electron chi connectivity index (χ0n) is 15.5. The molecule has 6 nitrogen and oxygen atoms in total. The van der Waals surface area contributed by atoms with Gasteiger partial charge in [0.1, 0.15) is 5.82 Å². The fourth-order valence-corrected chi connectivity index (χ4v) is 4.06. The summed E-state index contributed by atoms with van der Waals surface area (Å²) in [4.78, 5) is 23.4. The maximum Gasteiger partial charge on any atom is 0.267 e. The minimum atomic E-state index is 0.0740. The highest BCUT2D eigenvalue weighted by molar-refractivity contribution is 5.20. The molecule has 0 unspecified atom stereocenters. The van der Waals surface area contributed by atoms with E-state index in [2.05, 4.69) is 20.0 Å². The molecule has 1 saturated heterocycles. The summed E-state index contributed by atoms with van der Waals surface area (Å²) in [5.41, 5.74) is 3.56. The molecule has 138 valence electrons. The monoisotopic (exact) mass is 353 g/mol. The first-order valence-electron chi connectivity index (χ1n) is 9.77. The van der Waals surface area contributed by atoms with Crippen molar-refractivity contribution in [2.45, 2.75) is 58.5 Å². The predicted octanol–water partition coefficient (Wildman–Crippen LogP) is 2.13. The van der Waals surface area contributed by atoms with Crippen molar-refractivity contribution < 1.29 is 0 Å². The fraction of sp³-hybridized carbons (Fsp3) is 0.600. The van der Waals surface area contributed by atoms with Gasteiger partial charge in [-0.3, -0.25) is 9.69 Å². The van der Waals surface area contributed by atoms with Crippen LogP contribution in [0.4, 0.5) is 0 Å². The van der Waals surface area contributed by atoms with Gasteiger partial charge in [0.15, 0.2) is 0 Å². The normalized spacial score (nSPS) is 18.7. The standard InChI is InChI=1S/C20H27N5O/c1-15-21-11-17(12-22-15)13-24-8-6-16(7-9-24)14-25-20(26)10-18-4-2-3-5-19(18)23-25/h10-12,16H,2-9,13-14H2,1H3. The lowest BCUT2D eigenvalue weighted by molar-refractivity contribution is 0.163. The van der Waals surface area contributed by atoms with E-state index in [9.17, 15) is 4.79 Å². The Labute approximate surface area is 154 Å². The van der Waals surface area contributed by atoms with Crippen molar-refractivity contribution in [2.24, 2.45) is 5.92 Å². The summed E-state index contributed by atoms with van der Waals surface area (Å²) in [6.45, 7) is 5.68. The van der Waals surface area contributed by atoms with E-state index < -0.39 is 0 Å². The summed E-state index contributed by atoms with van der Waals surface area (Å²) in [6.07, 6.45) is 10.5. The number of likely N-dealkylation sites (tertiary alicyclic amines) is 1. The minimum absolute atomic E-state index is 0.0740. The van der Waals surface area contributed by atoms with Crippen molar-refractivity contribution in [2.75, 3.05) is 13.1 Å². The van der Waals surface area contributed by atoms with Gasteiger partial charge < -0.3 is 0 Å². The van der Waals surface area contributed by atoms with Crippen LogP contribution in [0.25, 0.3) is 0 Å². The van der Waals surface area contributed by atoms with Crippen molar-refractivity contribution >= 4 is 0 Å². The van der Waals surface area contributed by atoms with Gasteiger partial charge in [-0.2, -0.15) is 5.10 Å². The summed E-state index contributed by atoms with van der Waals surface area (Å²) >= 11 is 0. The molecule has 0 bridgehead atoms. The van der Waals surface area contributed by atoms with E-state index in [1.807, 2.05) is 25.4 Å². The third kappa shape index (κ3) is 4.01. The fourth-order valence-electron chi connectivity index (χ4n) is 4.06. The van der Waals surface area contributed by atoms with Crippen LogP contribution in [0, 0.1) is 12.8 Å². The Hall–Kier alpha value is -2.08. The van der Waals surface area contributed by atoms with Crippen molar-refractivity contribution in [3.63, 3.8) is 0 Å². The van der Waals surface area contributed by atoms with Crippen molar-refractivity contribution in [1.82, 2.24) is 24.6 Å². The van der Waals surface area contributed by atoms with Crippen LogP contribution < -0.4 is 5.56 Å². The lowest BCUT2D eigenvalue weighted by atomic mass is 9.95. The van der Waals surface area contributed by atoms with E-state index in [1.54, 1.807) is 4.68 Å². The van der Waals surface area contributed by atoms with E-state index in [0.29, 0.717) is 5.92 Å². The SMILES string of the molecule is Cc1ncc(CN2CCC(Cn3nc4c(cc3=O)CCCC4)CC2)cn1. The zero-order chi connectivity index (χ0) is 17.9. The van der Waals surface area contributed by atoms with Crippen LogP contribution in [-0.4, -0.2) is 37.7 Å². The number of rotatable bonds is 4. The van der Waals surface area contributed by atoms with E-state index in [-0.39, 0.29) is 5.56 Å². The predicted molar refractivity (Wildman–Crippen MR) is 99.9 cm³/mol. The number of aromatic nitrogens is 4. The molecule has 0 saturated carbocycles. The summed E-state index contributed by atoms with van der Waals surface area (Å²) < 4.78 is 1.72. The molecule has 2 aliphatic rings. The molecular weight excluding hydrogens is 326 g/mol. The van der Waals surface area contributed by atoms with Gasteiger partial charge >= 0.3 is 0 Å². The summed E-state index contributed by atoms with van der Waals surface area (Å²) in [5.74, 6) is 1.35. The van der Waals surface area contributed by atoms with E-state index in [4.69, 9.17) is 0 Å². The lowest BCUT2D eigenvalue weighted by Crippen LogP contribution is -2.37. The van der Waals surface area contributed by atoms with Gasteiger partial charge in [0.25, 0.3) is 5.56 Å². The lowest BCUT2D eigenvalue weighted by Gasteiger charge is -2.32. The Morgan fingerprint density at radius 2 is 1.85 bits per heavy atom. The Morgan fingerprint density at radius 3 is 2.62 bits per heavy atom. The Morgan fingerprint density at radius 1 is 1.12 bits per heavy atom. The molecule has 0 aromatic carbocycles. The number of hydrogen-bond donors (Lipinski definition) is 0. The average Bonchev–Trinajstić information content (AvgIpc) is 2.66. The Balaban J connectivity index is 1.34. The van der Waals surface area contributed by atoms with Gasteiger partial charge in [-0.05, 0) is 70.0 Å². The second kappa shape index (κ2) is 7.66. The smallest absolute Gasteiger partial charge is 0.267 e. The van der Waals surface area contributed by atoms with E-state index in [0.717, 1.165) is 63.4 Å². The van der Waals surface area contributed by atoms with Crippen LogP contribution in [-0.2, 0) is 25.9 Å². The highest BCUT2D eigenvalue weighted by atomic mass is 16.1. The zero-order valence-corrected chi connectivity index (χ0v) is 15.5. The van der Waals surface area contributed by atoms with Crippen LogP contribution in [0.3, 0.4) is 0 Å². The van der Waals surface area contributed by atoms with Crippen LogP contribution >= 0.6 is 0 Å². The second-order valence-electron chi connectivity index (χ2n) is 7.70. The van der Waals surface area contributed by atoms with Crippen LogP contribution in [0.5, 0.6) is 0 Å². The molecule has 3 heterocycles. The highest BCUT2D eigenvalue weighted by Gasteiger charge is 2.21. The molecule has 0 radical (unpaired) electrons. The summed E-state index contributed by atoms with van der Waals surface area (Å²) in [5, 5.41) is 4.68. The minimum Gasteiger partial charge on any atom is -0.299 e. The maximum atomic E-state index is 12.4. The molecule has 0 atom stereocenters. The van der Waals surface area contributed by atoms with Crippen LogP contribution in [0.1, 0.15) is 48.3 Å². The molecular formula is C20H27N5O. The molecule has 0 amide bonds. The topological polar surface area (TPSA) is 63.9 Å². The molecule has 4 rings (SSSR count). The van der Waals surface area contributed by atoms with Gasteiger partial charge in [-0.15, -0.1) is 0 Å². The van der Waals surface area contributed by atoms with Gasteiger partial charge in [0, 0.05) is 37.1 Å². The summed E-state index contributed by atoms with van der Waals surface area (Å²) in [7, 11) is 0. The first-order valence-corrected chi connectivity index (χ1v) is 9.77. The second-order valence-corrected chi connectivity index (χ2v) is 7.70. The van der Waals surface area contributed by atoms with Gasteiger partial charge in [0.05, 0.1) is 5.69 Å². The maximum absolute atomic E-state index is 12.4. The number of fused-ring (bicyclic) bond motifs is 1. The molecule has 0 N–H and O–H groups in total. The van der Waals surface area contributed by atoms with Gasteiger partial charge in [-0.1, -0.05) is 0 Å². The number of nitrogens with zero attached hydrogens (tertiary/aromatic N) is 5. The quantitative estimate of drug-likeness (QED) is 0.843. The summed E-state index contributed by atoms with van der Waals surface area (Å²) in [6, 6.07) is 1.83. The molecule has 6 heteroatoms. The van der Waals surface area contributed by atoms with Crippen molar-refractivity contribution in [3.05, 3.63) is 51.5 Å². The van der Waals surface area contributed by atoms with Crippen molar-refractivity contribution in [3.8, 4) is 0 Å². The number of aryl methyl sites for hydroxylation is 3. The molecule has 0 spiro atoms. The number of piperidine rings is 1. The molecule has 1 aliphatic heterocycles. The van der Waals surface area contributed by atoms with E-state index in [1.165, 1.54) is 24.0 Å². The molecule has 2 aromatic rings. The van der Waals surface area contributed by atoms with E-state index >= 15 is 0 Å². The van der Waals surface area contributed by atoms with Crippen LogP contribution in [0.2, 0.25) is 0 Å². The van der Waals surface area contributed by atoms with Crippen LogP contribution in [0.15, 0.2) is 23.3 Å². The number of hydrogen-bond acceptors (Lipinski definition) is 5. The van der Waals surface area contributed by atoms with Gasteiger partial charge in [0.2, 0.25) is 0 Å². The third-order valence-corrected chi connectivity index (χ3v) is 5.65. The molecule has 1 fully saturated rings. The Bertz CT molecular complexity index is 806. The first-order chi connectivity index (χ1) is 12.7. The first kappa shape index (κ1) is 17.3. The molecule has 26 heavy (non-hydrogen) atoms. The third-order valence-electron chi connectivity index (χ3n) is 5.65. The van der Waals surface area contributed by atoms with Gasteiger partial charge in [-0.25, -0.2) is 14.6 Å². The largest absolute Gasteiger partial charge is 0.299 e. The highest BCUT2D eigenvalue weighted by Crippen LogP contribution is 2.21. The average molecular weight is 353 g/mol. The van der Waals surface area contributed by atoms with Crippen molar-refractivity contribution in [1.29, 1.82) is 0 Å². The Kier molecular flexibility index (Phi) is 5.11. The molecule has 2 aromatic heterocycles. The molecule has 1 aliphatic carbocycles.